The zero-order chi connectivity index (χ0) is 11.9. The van der Waals surface area contributed by atoms with Crippen molar-refractivity contribution in [2.45, 2.75) is 11.3 Å². The summed E-state index contributed by atoms with van der Waals surface area (Å²) in [5.74, 6) is 1.48. The quantitative estimate of drug-likeness (QED) is 0.623. The predicted octanol–water partition coefficient (Wildman–Crippen LogP) is 2.54. The average molecular weight is 255 g/mol. The van der Waals surface area contributed by atoms with Crippen LogP contribution in [0.25, 0.3) is 0 Å². The van der Waals surface area contributed by atoms with Crippen LogP contribution in [0.1, 0.15) is 6.42 Å². The summed E-state index contributed by atoms with van der Waals surface area (Å²) in [5, 5.41) is 3.42. The molecule has 1 aromatic rings. The highest BCUT2D eigenvalue weighted by atomic mass is 32.2. The molecule has 2 rings (SSSR count). The summed E-state index contributed by atoms with van der Waals surface area (Å²) in [6, 6.07) is 6.75. The Morgan fingerprint density at radius 2 is 2.41 bits per heavy atom. The summed E-state index contributed by atoms with van der Waals surface area (Å²) >= 11 is 1.68. The second-order valence-corrected chi connectivity index (χ2v) is 5.41. The van der Waals surface area contributed by atoms with Gasteiger partial charge in [-0.2, -0.15) is 0 Å². The minimum absolute atomic E-state index is 0.161. The standard InChI is InChI=1S/C13H18FNOS/c14-12-2-1-3-13(8-12)17-7-5-15-9-11-4-6-16-10-11/h1-3,8,11,15H,4-7,9-10H2. The van der Waals surface area contributed by atoms with E-state index >= 15 is 0 Å². The highest BCUT2D eigenvalue weighted by Gasteiger charge is 2.14. The van der Waals surface area contributed by atoms with E-state index in [0.29, 0.717) is 5.92 Å². The maximum absolute atomic E-state index is 12.9. The molecule has 1 unspecified atom stereocenters. The smallest absolute Gasteiger partial charge is 0.124 e. The van der Waals surface area contributed by atoms with E-state index in [0.717, 1.165) is 37.0 Å². The van der Waals surface area contributed by atoms with Gasteiger partial charge in [-0.05, 0) is 30.5 Å². The molecule has 1 fully saturated rings. The highest BCUT2D eigenvalue weighted by Crippen LogP contribution is 2.17. The molecule has 0 spiro atoms. The topological polar surface area (TPSA) is 21.3 Å². The highest BCUT2D eigenvalue weighted by molar-refractivity contribution is 7.99. The van der Waals surface area contributed by atoms with Gasteiger partial charge in [0.05, 0.1) is 6.61 Å². The molecule has 0 aliphatic carbocycles. The normalized spacial score (nSPS) is 19.7. The molecule has 1 aliphatic rings. The first-order valence-electron chi connectivity index (χ1n) is 6.01. The first-order chi connectivity index (χ1) is 8.34. The maximum Gasteiger partial charge on any atom is 0.124 e. The van der Waals surface area contributed by atoms with Crippen LogP contribution in [-0.2, 0) is 4.74 Å². The van der Waals surface area contributed by atoms with Gasteiger partial charge in [0.15, 0.2) is 0 Å². The van der Waals surface area contributed by atoms with Gasteiger partial charge >= 0.3 is 0 Å². The molecule has 0 amide bonds. The summed E-state index contributed by atoms with van der Waals surface area (Å²) in [6.45, 7) is 3.79. The second-order valence-electron chi connectivity index (χ2n) is 4.24. The Morgan fingerprint density at radius 3 is 3.18 bits per heavy atom. The number of hydrogen-bond acceptors (Lipinski definition) is 3. The number of benzene rings is 1. The Morgan fingerprint density at radius 1 is 1.47 bits per heavy atom. The number of ether oxygens (including phenoxy) is 1. The molecule has 2 nitrogen and oxygen atoms in total. The van der Waals surface area contributed by atoms with Crippen LogP contribution in [0, 0.1) is 11.7 Å². The van der Waals surface area contributed by atoms with Crippen LogP contribution in [0.3, 0.4) is 0 Å². The Hall–Kier alpha value is -0.580. The van der Waals surface area contributed by atoms with E-state index in [1.54, 1.807) is 23.9 Å². The third-order valence-corrected chi connectivity index (χ3v) is 3.80. The van der Waals surface area contributed by atoms with E-state index in [4.69, 9.17) is 4.74 Å². The third kappa shape index (κ3) is 4.66. The van der Waals surface area contributed by atoms with E-state index < -0.39 is 0 Å². The van der Waals surface area contributed by atoms with Gasteiger partial charge in [-0.25, -0.2) is 4.39 Å². The predicted molar refractivity (Wildman–Crippen MR) is 68.9 cm³/mol. The molecule has 0 radical (unpaired) electrons. The molecule has 0 aromatic heterocycles. The molecule has 1 heterocycles. The van der Waals surface area contributed by atoms with Crippen molar-refractivity contribution in [2.75, 3.05) is 32.1 Å². The van der Waals surface area contributed by atoms with Gasteiger partial charge in [-0.15, -0.1) is 11.8 Å². The van der Waals surface area contributed by atoms with Crippen LogP contribution >= 0.6 is 11.8 Å². The van der Waals surface area contributed by atoms with Crippen molar-refractivity contribution in [3.63, 3.8) is 0 Å². The van der Waals surface area contributed by atoms with Crippen LogP contribution in [-0.4, -0.2) is 32.1 Å². The Bertz CT molecular complexity index is 342. The zero-order valence-electron chi connectivity index (χ0n) is 9.82. The first-order valence-corrected chi connectivity index (χ1v) is 7.00. The summed E-state index contributed by atoms with van der Waals surface area (Å²) in [6.07, 6.45) is 1.17. The SMILES string of the molecule is Fc1cccc(SCCNCC2CCOC2)c1. The molecular formula is C13H18FNOS. The fraction of sp³-hybridized carbons (Fsp3) is 0.538. The minimum atomic E-state index is -0.161. The molecule has 1 N–H and O–H groups in total. The van der Waals surface area contributed by atoms with E-state index in [1.165, 1.54) is 12.5 Å². The lowest BCUT2D eigenvalue weighted by molar-refractivity contribution is 0.185. The fourth-order valence-electron chi connectivity index (χ4n) is 1.85. The molecule has 4 heteroatoms. The first kappa shape index (κ1) is 12.9. The van der Waals surface area contributed by atoms with Crippen molar-refractivity contribution in [3.8, 4) is 0 Å². The average Bonchev–Trinajstić information content (AvgIpc) is 2.82. The molecule has 0 saturated carbocycles. The lowest BCUT2D eigenvalue weighted by Gasteiger charge is -2.08. The van der Waals surface area contributed by atoms with Gasteiger partial charge in [0.2, 0.25) is 0 Å². The van der Waals surface area contributed by atoms with Crippen LogP contribution < -0.4 is 5.32 Å². The fourth-order valence-corrected chi connectivity index (χ4v) is 2.70. The molecule has 1 saturated heterocycles. The van der Waals surface area contributed by atoms with Crippen molar-refractivity contribution in [2.24, 2.45) is 5.92 Å². The summed E-state index contributed by atoms with van der Waals surface area (Å²) in [4.78, 5) is 0.996. The number of halogens is 1. The maximum atomic E-state index is 12.9. The number of hydrogen-bond donors (Lipinski definition) is 1. The minimum Gasteiger partial charge on any atom is -0.381 e. The van der Waals surface area contributed by atoms with Crippen molar-refractivity contribution < 1.29 is 9.13 Å². The van der Waals surface area contributed by atoms with Crippen LogP contribution in [0.5, 0.6) is 0 Å². The van der Waals surface area contributed by atoms with Gasteiger partial charge in [0.1, 0.15) is 5.82 Å². The van der Waals surface area contributed by atoms with Gasteiger partial charge in [0, 0.05) is 30.3 Å². The molecule has 0 bridgehead atoms. The monoisotopic (exact) mass is 255 g/mol. The van der Waals surface area contributed by atoms with Crippen molar-refractivity contribution in [3.05, 3.63) is 30.1 Å². The molecule has 17 heavy (non-hydrogen) atoms. The van der Waals surface area contributed by atoms with Crippen LogP contribution in [0.4, 0.5) is 4.39 Å². The molecule has 1 aromatic carbocycles. The van der Waals surface area contributed by atoms with E-state index in [2.05, 4.69) is 5.32 Å². The molecular weight excluding hydrogens is 237 g/mol. The third-order valence-electron chi connectivity index (χ3n) is 2.80. The summed E-state index contributed by atoms with van der Waals surface area (Å²) in [7, 11) is 0. The Balaban J connectivity index is 1.56. The van der Waals surface area contributed by atoms with Crippen molar-refractivity contribution in [1.82, 2.24) is 5.32 Å². The van der Waals surface area contributed by atoms with Gasteiger partial charge in [-0.3, -0.25) is 0 Å². The van der Waals surface area contributed by atoms with E-state index in [-0.39, 0.29) is 5.82 Å². The summed E-state index contributed by atoms with van der Waals surface area (Å²) < 4.78 is 18.2. The Labute approximate surface area is 106 Å². The van der Waals surface area contributed by atoms with Crippen molar-refractivity contribution in [1.29, 1.82) is 0 Å². The number of rotatable bonds is 6. The molecule has 1 atom stereocenters. The largest absolute Gasteiger partial charge is 0.381 e. The van der Waals surface area contributed by atoms with E-state index in [1.807, 2.05) is 6.07 Å². The lowest BCUT2D eigenvalue weighted by Crippen LogP contribution is -2.25. The summed E-state index contributed by atoms with van der Waals surface area (Å²) in [5.41, 5.74) is 0. The van der Waals surface area contributed by atoms with Gasteiger partial charge in [0.25, 0.3) is 0 Å². The van der Waals surface area contributed by atoms with E-state index in [9.17, 15) is 4.39 Å². The van der Waals surface area contributed by atoms with Gasteiger partial charge in [-0.1, -0.05) is 6.07 Å². The van der Waals surface area contributed by atoms with Crippen molar-refractivity contribution >= 4 is 11.8 Å². The molecule has 94 valence electrons. The number of nitrogens with one attached hydrogen (secondary N) is 1. The van der Waals surface area contributed by atoms with Crippen LogP contribution in [0.15, 0.2) is 29.2 Å². The lowest BCUT2D eigenvalue weighted by atomic mass is 10.1. The zero-order valence-corrected chi connectivity index (χ0v) is 10.6. The van der Waals surface area contributed by atoms with Crippen LogP contribution in [0.2, 0.25) is 0 Å². The number of thioether (sulfide) groups is 1. The Kier molecular flexibility index (Phi) is 5.29. The molecule has 1 aliphatic heterocycles. The van der Waals surface area contributed by atoms with Gasteiger partial charge < -0.3 is 10.1 Å². The second kappa shape index (κ2) is 6.99.